The van der Waals surface area contributed by atoms with E-state index in [4.69, 9.17) is 11.6 Å². The number of hydrogen-bond donors (Lipinski definition) is 0. The predicted molar refractivity (Wildman–Crippen MR) is 131 cm³/mol. The lowest BCUT2D eigenvalue weighted by Gasteiger charge is -2.38. The van der Waals surface area contributed by atoms with Crippen LogP contribution in [0.25, 0.3) is 0 Å². The van der Waals surface area contributed by atoms with Crippen molar-refractivity contribution in [2.75, 3.05) is 0 Å². The van der Waals surface area contributed by atoms with Crippen LogP contribution in [0.15, 0.2) is 36.4 Å². The Hall–Kier alpha value is -0.750. The van der Waals surface area contributed by atoms with Gasteiger partial charge in [-0.3, -0.25) is 0 Å². The van der Waals surface area contributed by atoms with Crippen LogP contribution in [0.4, 0.5) is 0 Å². The predicted octanol–water partition coefficient (Wildman–Crippen LogP) is 9.58. The lowest BCUT2D eigenvalue weighted by atomic mass is 9.68. The summed E-state index contributed by atoms with van der Waals surface area (Å²) >= 11 is 6.06. The van der Waals surface area contributed by atoms with Crippen molar-refractivity contribution in [2.45, 2.75) is 103 Å². The van der Waals surface area contributed by atoms with Crippen molar-refractivity contribution in [1.82, 2.24) is 0 Å². The molecule has 0 bridgehead atoms. The van der Waals surface area contributed by atoms with E-state index in [-0.39, 0.29) is 0 Å². The third-order valence-electron chi connectivity index (χ3n) is 9.01. The van der Waals surface area contributed by atoms with E-state index in [2.05, 4.69) is 43.3 Å². The highest BCUT2D eigenvalue weighted by Crippen LogP contribution is 2.44. The van der Waals surface area contributed by atoms with Crippen LogP contribution >= 0.6 is 11.6 Å². The number of rotatable bonds is 6. The van der Waals surface area contributed by atoms with Gasteiger partial charge in [-0.1, -0.05) is 61.6 Å². The molecular weight excluding hydrogens is 384 g/mol. The van der Waals surface area contributed by atoms with Crippen LogP contribution in [-0.4, -0.2) is 0 Å². The second kappa shape index (κ2) is 11.2. The van der Waals surface area contributed by atoms with Gasteiger partial charge in [0.15, 0.2) is 0 Å². The van der Waals surface area contributed by atoms with Crippen LogP contribution < -0.4 is 0 Å². The SMILES string of the molecule is C/C=C/C1CCC(C2CCC(CCC3CCC(c4ccc(Cl)cc4)CC3)CC2)CC1. The highest BCUT2D eigenvalue weighted by molar-refractivity contribution is 6.30. The minimum absolute atomic E-state index is 0.775. The van der Waals surface area contributed by atoms with E-state index < -0.39 is 0 Å². The summed E-state index contributed by atoms with van der Waals surface area (Å²) in [7, 11) is 0. The van der Waals surface area contributed by atoms with E-state index in [1.807, 2.05) is 0 Å². The number of benzene rings is 1. The molecule has 0 aromatic heterocycles. The van der Waals surface area contributed by atoms with Gasteiger partial charge in [0.2, 0.25) is 0 Å². The fourth-order valence-electron chi connectivity index (χ4n) is 7.02. The van der Waals surface area contributed by atoms with Gasteiger partial charge in [-0.05, 0) is 124 Å². The summed E-state index contributed by atoms with van der Waals surface area (Å²) in [5.74, 6) is 5.80. The van der Waals surface area contributed by atoms with Crippen LogP contribution in [0, 0.1) is 29.6 Å². The monoisotopic (exact) mass is 426 g/mol. The molecule has 0 amide bonds. The maximum atomic E-state index is 6.06. The van der Waals surface area contributed by atoms with Gasteiger partial charge < -0.3 is 0 Å². The summed E-state index contributed by atoms with van der Waals surface area (Å²) in [5.41, 5.74) is 1.51. The van der Waals surface area contributed by atoms with E-state index in [0.29, 0.717) is 0 Å². The van der Waals surface area contributed by atoms with Crippen molar-refractivity contribution < 1.29 is 0 Å². The average molecular weight is 427 g/mol. The van der Waals surface area contributed by atoms with Gasteiger partial charge in [-0.2, -0.15) is 0 Å². The van der Waals surface area contributed by atoms with Gasteiger partial charge in [0, 0.05) is 5.02 Å². The minimum atomic E-state index is 0.775. The van der Waals surface area contributed by atoms with Gasteiger partial charge in [0.05, 0.1) is 0 Å². The molecule has 1 aromatic carbocycles. The van der Waals surface area contributed by atoms with Crippen LogP contribution in [0.2, 0.25) is 5.02 Å². The molecule has 0 aliphatic heterocycles. The van der Waals surface area contributed by atoms with Crippen molar-refractivity contribution in [3.8, 4) is 0 Å². The van der Waals surface area contributed by atoms with E-state index in [1.165, 1.54) is 95.5 Å². The quantitative estimate of drug-likeness (QED) is 0.397. The van der Waals surface area contributed by atoms with Crippen LogP contribution in [-0.2, 0) is 0 Å². The summed E-state index contributed by atoms with van der Waals surface area (Å²) in [6, 6.07) is 8.62. The Bertz CT molecular complexity index is 635. The van der Waals surface area contributed by atoms with Gasteiger partial charge in [-0.15, -0.1) is 0 Å². The van der Waals surface area contributed by atoms with Gasteiger partial charge in [-0.25, -0.2) is 0 Å². The fraction of sp³-hybridized carbons (Fsp3) is 0.724. The summed E-state index contributed by atoms with van der Waals surface area (Å²) in [5, 5.41) is 0.864. The fourth-order valence-corrected chi connectivity index (χ4v) is 7.15. The molecular formula is C29H43Cl. The lowest BCUT2D eigenvalue weighted by Crippen LogP contribution is -2.25. The highest BCUT2D eigenvalue weighted by atomic mass is 35.5. The summed E-state index contributed by atoms with van der Waals surface area (Å²) in [4.78, 5) is 0. The van der Waals surface area contributed by atoms with Gasteiger partial charge in [0.25, 0.3) is 0 Å². The maximum absolute atomic E-state index is 6.06. The number of allylic oxidation sites excluding steroid dienone is 2. The van der Waals surface area contributed by atoms with E-state index in [0.717, 1.165) is 40.5 Å². The zero-order chi connectivity index (χ0) is 20.8. The van der Waals surface area contributed by atoms with Crippen LogP contribution in [0.1, 0.15) is 108 Å². The second-order valence-corrected chi connectivity index (χ2v) is 11.3. The standard InChI is InChI=1S/C29H43Cl/c1-2-3-22-6-12-25(13-7-22)26-14-8-23(9-15-26)4-5-24-10-16-27(17-11-24)28-18-20-29(30)21-19-28/h2-3,18-27H,4-17H2,1H3/b3-2+. The van der Waals surface area contributed by atoms with Crippen molar-refractivity contribution in [3.63, 3.8) is 0 Å². The van der Waals surface area contributed by atoms with Gasteiger partial charge in [0.1, 0.15) is 0 Å². The molecule has 0 atom stereocenters. The molecule has 166 valence electrons. The van der Waals surface area contributed by atoms with E-state index in [1.54, 1.807) is 0 Å². The third-order valence-corrected chi connectivity index (χ3v) is 9.26. The Labute approximate surface area is 190 Å². The molecule has 3 aliphatic carbocycles. The molecule has 0 saturated heterocycles. The van der Waals surface area contributed by atoms with Crippen molar-refractivity contribution in [2.24, 2.45) is 29.6 Å². The first-order valence-corrected chi connectivity index (χ1v) is 13.5. The van der Waals surface area contributed by atoms with Crippen molar-refractivity contribution >= 4 is 11.6 Å². The Morgan fingerprint density at radius 1 is 0.700 bits per heavy atom. The molecule has 1 aromatic rings. The Balaban J connectivity index is 1.12. The molecule has 3 fully saturated rings. The molecule has 4 rings (SSSR count). The molecule has 0 spiro atoms. The Morgan fingerprint density at radius 2 is 1.20 bits per heavy atom. The minimum Gasteiger partial charge on any atom is -0.0914 e. The molecule has 3 aliphatic rings. The molecule has 3 saturated carbocycles. The molecule has 30 heavy (non-hydrogen) atoms. The summed E-state index contributed by atoms with van der Waals surface area (Å²) in [6.07, 6.45) is 25.4. The zero-order valence-electron chi connectivity index (χ0n) is 19.2. The Morgan fingerprint density at radius 3 is 1.73 bits per heavy atom. The van der Waals surface area contributed by atoms with E-state index in [9.17, 15) is 0 Å². The summed E-state index contributed by atoms with van der Waals surface area (Å²) in [6.45, 7) is 2.18. The molecule has 0 nitrogen and oxygen atoms in total. The molecule has 1 heteroatoms. The Kier molecular flexibility index (Phi) is 8.39. The molecule has 0 heterocycles. The zero-order valence-corrected chi connectivity index (χ0v) is 20.0. The topological polar surface area (TPSA) is 0 Å². The smallest absolute Gasteiger partial charge is 0.0406 e. The highest BCUT2D eigenvalue weighted by Gasteiger charge is 2.31. The van der Waals surface area contributed by atoms with Crippen molar-refractivity contribution in [3.05, 3.63) is 47.0 Å². The van der Waals surface area contributed by atoms with Gasteiger partial charge >= 0.3 is 0 Å². The van der Waals surface area contributed by atoms with Crippen molar-refractivity contribution in [1.29, 1.82) is 0 Å². The van der Waals surface area contributed by atoms with Crippen LogP contribution in [0.5, 0.6) is 0 Å². The maximum Gasteiger partial charge on any atom is 0.0406 e. The normalized spacial score (nSPS) is 35.5. The first-order chi connectivity index (χ1) is 14.7. The van der Waals surface area contributed by atoms with Crippen LogP contribution in [0.3, 0.4) is 0 Å². The second-order valence-electron chi connectivity index (χ2n) is 10.8. The summed E-state index contributed by atoms with van der Waals surface area (Å²) < 4.78 is 0. The number of halogens is 1. The average Bonchev–Trinajstić information content (AvgIpc) is 2.80. The largest absolute Gasteiger partial charge is 0.0914 e. The lowest BCUT2D eigenvalue weighted by molar-refractivity contribution is 0.147. The number of hydrogen-bond acceptors (Lipinski definition) is 0. The van der Waals surface area contributed by atoms with E-state index >= 15 is 0 Å². The first-order valence-electron chi connectivity index (χ1n) is 13.1. The molecule has 0 radical (unpaired) electrons. The third kappa shape index (κ3) is 6.15. The first kappa shape index (κ1) is 22.4. The molecule has 0 unspecified atom stereocenters. The molecule has 0 N–H and O–H groups in total.